The molecule has 1 aliphatic heterocycles. The van der Waals surface area contributed by atoms with Gasteiger partial charge in [-0.1, -0.05) is 40.5 Å². The quantitative estimate of drug-likeness (QED) is 0.714. The largest absolute Gasteiger partial charge is 0.316 e. The van der Waals surface area contributed by atoms with E-state index in [1.807, 2.05) is 0 Å². The number of nitrogens with zero attached hydrogens (tertiary/aromatic N) is 1. The van der Waals surface area contributed by atoms with Crippen LogP contribution in [0.4, 0.5) is 0 Å². The van der Waals surface area contributed by atoms with Gasteiger partial charge in [0.25, 0.3) is 0 Å². The highest BCUT2D eigenvalue weighted by Gasteiger charge is 2.19. The van der Waals surface area contributed by atoms with Crippen molar-refractivity contribution in [2.24, 2.45) is 17.8 Å². The van der Waals surface area contributed by atoms with E-state index in [4.69, 9.17) is 0 Å². The zero-order valence-electron chi connectivity index (χ0n) is 13.0. The molecule has 1 atom stereocenters. The fourth-order valence-electron chi connectivity index (χ4n) is 2.99. The van der Waals surface area contributed by atoms with Gasteiger partial charge >= 0.3 is 0 Å². The molecule has 1 heterocycles. The third-order valence-electron chi connectivity index (χ3n) is 4.02. The molecule has 0 saturated carbocycles. The van der Waals surface area contributed by atoms with E-state index in [0.717, 1.165) is 24.3 Å². The normalized spacial score (nSPS) is 20.5. The monoisotopic (exact) mass is 254 g/mol. The lowest BCUT2D eigenvalue weighted by atomic mass is 9.92. The molecule has 1 unspecified atom stereocenters. The van der Waals surface area contributed by atoms with Crippen molar-refractivity contribution in [1.29, 1.82) is 0 Å². The van der Waals surface area contributed by atoms with Gasteiger partial charge in [-0.3, -0.25) is 0 Å². The standard InChI is InChI=1S/C16H34N2/c1-5-6-16-7-9-18(10-8-16)13-15(4)12-17-11-14(2)3/h14-17H,5-13H2,1-4H3. The molecule has 0 aromatic rings. The molecule has 0 spiro atoms. The number of likely N-dealkylation sites (tertiary alicyclic amines) is 1. The average molecular weight is 254 g/mol. The molecule has 2 heteroatoms. The van der Waals surface area contributed by atoms with Crippen LogP contribution in [0.25, 0.3) is 0 Å². The van der Waals surface area contributed by atoms with Gasteiger partial charge in [-0.15, -0.1) is 0 Å². The minimum Gasteiger partial charge on any atom is -0.316 e. The molecule has 2 nitrogen and oxygen atoms in total. The molecule has 1 aliphatic rings. The number of nitrogens with one attached hydrogen (secondary N) is 1. The highest BCUT2D eigenvalue weighted by atomic mass is 15.1. The Balaban J connectivity index is 2.08. The van der Waals surface area contributed by atoms with Gasteiger partial charge in [0.05, 0.1) is 0 Å². The first kappa shape index (κ1) is 16.0. The topological polar surface area (TPSA) is 15.3 Å². The fourth-order valence-corrected chi connectivity index (χ4v) is 2.99. The van der Waals surface area contributed by atoms with Crippen molar-refractivity contribution in [2.45, 2.75) is 53.4 Å². The lowest BCUT2D eigenvalue weighted by molar-refractivity contribution is 0.158. The van der Waals surface area contributed by atoms with Crippen LogP contribution in [0.3, 0.4) is 0 Å². The van der Waals surface area contributed by atoms with Gasteiger partial charge in [0.15, 0.2) is 0 Å². The maximum absolute atomic E-state index is 3.58. The van der Waals surface area contributed by atoms with Crippen LogP contribution in [0.5, 0.6) is 0 Å². The second-order valence-electron chi connectivity index (χ2n) is 6.69. The van der Waals surface area contributed by atoms with Crippen molar-refractivity contribution in [1.82, 2.24) is 10.2 Å². The number of hydrogen-bond acceptors (Lipinski definition) is 2. The van der Waals surface area contributed by atoms with Crippen LogP contribution in [0.15, 0.2) is 0 Å². The molecule has 0 radical (unpaired) electrons. The summed E-state index contributed by atoms with van der Waals surface area (Å²) in [6, 6.07) is 0. The van der Waals surface area contributed by atoms with Crippen LogP contribution in [-0.2, 0) is 0 Å². The first-order valence-corrected chi connectivity index (χ1v) is 8.04. The first-order valence-electron chi connectivity index (χ1n) is 8.04. The summed E-state index contributed by atoms with van der Waals surface area (Å²) >= 11 is 0. The van der Waals surface area contributed by atoms with Gasteiger partial charge in [-0.25, -0.2) is 0 Å². The molecule has 1 fully saturated rings. The zero-order chi connectivity index (χ0) is 13.4. The summed E-state index contributed by atoms with van der Waals surface area (Å²) in [4.78, 5) is 2.67. The molecule has 0 aromatic heterocycles. The molecule has 1 saturated heterocycles. The van der Waals surface area contributed by atoms with Crippen molar-refractivity contribution < 1.29 is 0 Å². The number of piperidine rings is 1. The van der Waals surface area contributed by atoms with Gasteiger partial charge in [0.2, 0.25) is 0 Å². The smallest absolute Gasteiger partial charge is 0.00191 e. The minimum absolute atomic E-state index is 0.766. The molecular weight excluding hydrogens is 220 g/mol. The Labute approximate surface area is 115 Å². The summed E-state index contributed by atoms with van der Waals surface area (Å²) < 4.78 is 0. The third-order valence-corrected chi connectivity index (χ3v) is 4.02. The SMILES string of the molecule is CCCC1CCN(CC(C)CNCC(C)C)CC1. The van der Waals surface area contributed by atoms with Crippen LogP contribution in [0.2, 0.25) is 0 Å². The third kappa shape index (κ3) is 6.75. The lowest BCUT2D eigenvalue weighted by Gasteiger charge is -2.33. The summed E-state index contributed by atoms with van der Waals surface area (Å²) in [6.45, 7) is 15.5. The lowest BCUT2D eigenvalue weighted by Crippen LogP contribution is -2.39. The van der Waals surface area contributed by atoms with Gasteiger partial charge in [-0.2, -0.15) is 0 Å². The Kier molecular flexibility index (Phi) is 7.92. The van der Waals surface area contributed by atoms with E-state index < -0.39 is 0 Å². The molecule has 1 rings (SSSR count). The van der Waals surface area contributed by atoms with Gasteiger partial charge in [0, 0.05) is 6.54 Å². The maximum atomic E-state index is 3.58. The van der Waals surface area contributed by atoms with E-state index in [9.17, 15) is 0 Å². The Bertz CT molecular complexity index is 195. The van der Waals surface area contributed by atoms with Gasteiger partial charge in [-0.05, 0) is 56.8 Å². The van der Waals surface area contributed by atoms with E-state index >= 15 is 0 Å². The van der Waals surface area contributed by atoms with Crippen LogP contribution in [0.1, 0.15) is 53.4 Å². The van der Waals surface area contributed by atoms with Gasteiger partial charge < -0.3 is 10.2 Å². The van der Waals surface area contributed by atoms with E-state index in [-0.39, 0.29) is 0 Å². The highest BCUT2D eigenvalue weighted by molar-refractivity contribution is 4.74. The van der Waals surface area contributed by atoms with Gasteiger partial charge in [0.1, 0.15) is 0 Å². The molecule has 0 amide bonds. The minimum atomic E-state index is 0.766. The molecular formula is C16H34N2. The Morgan fingerprint density at radius 3 is 2.33 bits per heavy atom. The second-order valence-corrected chi connectivity index (χ2v) is 6.69. The van der Waals surface area contributed by atoms with Crippen molar-refractivity contribution >= 4 is 0 Å². The molecule has 0 bridgehead atoms. The van der Waals surface area contributed by atoms with Crippen LogP contribution >= 0.6 is 0 Å². The average Bonchev–Trinajstić information content (AvgIpc) is 2.31. The summed E-state index contributed by atoms with van der Waals surface area (Å²) in [5, 5.41) is 3.58. The van der Waals surface area contributed by atoms with E-state index in [2.05, 4.69) is 37.9 Å². The molecule has 1 N–H and O–H groups in total. The summed E-state index contributed by atoms with van der Waals surface area (Å²) in [5.74, 6) is 2.56. The van der Waals surface area contributed by atoms with Crippen molar-refractivity contribution in [3.8, 4) is 0 Å². The zero-order valence-corrected chi connectivity index (χ0v) is 13.0. The van der Waals surface area contributed by atoms with Crippen LogP contribution in [0, 0.1) is 17.8 Å². The van der Waals surface area contributed by atoms with E-state index in [0.29, 0.717) is 0 Å². The molecule has 0 aliphatic carbocycles. The first-order chi connectivity index (χ1) is 8.61. The molecule has 0 aromatic carbocycles. The summed E-state index contributed by atoms with van der Waals surface area (Å²) in [6.07, 6.45) is 5.67. The Hall–Kier alpha value is -0.0800. The molecule has 18 heavy (non-hydrogen) atoms. The van der Waals surface area contributed by atoms with Crippen molar-refractivity contribution in [2.75, 3.05) is 32.7 Å². The summed E-state index contributed by atoms with van der Waals surface area (Å²) in [7, 11) is 0. The fraction of sp³-hybridized carbons (Fsp3) is 1.00. The summed E-state index contributed by atoms with van der Waals surface area (Å²) in [5.41, 5.74) is 0. The van der Waals surface area contributed by atoms with E-state index in [1.165, 1.54) is 51.9 Å². The van der Waals surface area contributed by atoms with Crippen molar-refractivity contribution in [3.63, 3.8) is 0 Å². The highest BCUT2D eigenvalue weighted by Crippen LogP contribution is 2.22. The number of rotatable bonds is 8. The Morgan fingerprint density at radius 1 is 1.11 bits per heavy atom. The Morgan fingerprint density at radius 2 is 1.78 bits per heavy atom. The maximum Gasteiger partial charge on any atom is 0.00191 e. The van der Waals surface area contributed by atoms with Crippen LogP contribution < -0.4 is 5.32 Å². The number of hydrogen-bond donors (Lipinski definition) is 1. The predicted octanol–water partition coefficient (Wildman–Crippen LogP) is 3.38. The second kappa shape index (κ2) is 8.92. The predicted molar refractivity (Wildman–Crippen MR) is 80.9 cm³/mol. The van der Waals surface area contributed by atoms with Crippen LogP contribution in [-0.4, -0.2) is 37.6 Å². The van der Waals surface area contributed by atoms with Crippen molar-refractivity contribution in [3.05, 3.63) is 0 Å². The molecule has 108 valence electrons. The van der Waals surface area contributed by atoms with E-state index in [1.54, 1.807) is 0 Å².